The Balaban J connectivity index is 1.50. The molecule has 136 valence electrons. The molecule has 2 aromatic rings. The van der Waals surface area contributed by atoms with Crippen molar-refractivity contribution in [3.8, 4) is 11.5 Å². The van der Waals surface area contributed by atoms with Gasteiger partial charge in [0, 0.05) is 23.7 Å². The van der Waals surface area contributed by atoms with Crippen LogP contribution in [-0.4, -0.2) is 38.1 Å². The first-order valence-corrected chi connectivity index (χ1v) is 8.55. The van der Waals surface area contributed by atoms with Crippen molar-refractivity contribution in [3.05, 3.63) is 53.6 Å². The van der Waals surface area contributed by atoms with Crippen molar-refractivity contribution in [3.63, 3.8) is 0 Å². The quantitative estimate of drug-likeness (QED) is 0.844. The van der Waals surface area contributed by atoms with Crippen LogP contribution in [0.25, 0.3) is 0 Å². The molecule has 26 heavy (non-hydrogen) atoms. The van der Waals surface area contributed by atoms with E-state index >= 15 is 0 Å². The molecule has 1 heterocycles. The van der Waals surface area contributed by atoms with Crippen LogP contribution in [0.2, 0.25) is 5.02 Å². The second kappa shape index (κ2) is 8.10. The lowest BCUT2D eigenvalue weighted by Crippen LogP contribution is -2.39. The molecule has 1 saturated heterocycles. The zero-order chi connectivity index (χ0) is 18.5. The third kappa shape index (κ3) is 4.46. The fourth-order valence-corrected chi connectivity index (χ4v) is 2.89. The second-order valence-corrected chi connectivity index (χ2v) is 6.35. The van der Waals surface area contributed by atoms with Crippen molar-refractivity contribution in [2.24, 2.45) is 0 Å². The lowest BCUT2D eigenvalue weighted by Gasteiger charge is -2.17. The van der Waals surface area contributed by atoms with Gasteiger partial charge in [0.05, 0.1) is 13.2 Å². The Morgan fingerprint density at radius 2 is 1.81 bits per heavy atom. The van der Waals surface area contributed by atoms with Crippen LogP contribution in [0.4, 0.5) is 5.69 Å². The van der Waals surface area contributed by atoms with Crippen molar-refractivity contribution in [1.82, 2.24) is 5.32 Å². The zero-order valence-electron chi connectivity index (χ0n) is 14.3. The molecular weight excluding hydrogens is 356 g/mol. The Kier molecular flexibility index (Phi) is 5.63. The van der Waals surface area contributed by atoms with Crippen molar-refractivity contribution < 1.29 is 19.1 Å². The molecule has 0 radical (unpaired) electrons. The Hall–Kier alpha value is -2.73. The second-order valence-electron chi connectivity index (χ2n) is 5.91. The monoisotopic (exact) mass is 374 g/mol. The summed E-state index contributed by atoms with van der Waals surface area (Å²) in [6.45, 7) is 0.312. The molecule has 1 atom stereocenters. The van der Waals surface area contributed by atoms with E-state index in [0.29, 0.717) is 23.1 Å². The number of halogens is 1. The van der Waals surface area contributed by atoms with E-state index in [1.54, 1.807) is 60.5 Å². The molecule has 0 aliphatic carbocycles. The number of amides is 2. The van der Waals surface area contributed by atoms with Crippen LogP contribution < -0.4 is 19.7 Å². The third-order valence-electron chi connectivity index (χ3n) is 4.06. The number of methoxy groups -OCH3 is 1. The van der Waals surface area contributed by atoms with E-state index in [1.807, 2.05) is 0 Å². The fraction of sp³-hybridized carbons (Fsp3) is 0.263. The summed E-state index contributed by atoms with van der Waals surface area (Å²) in [4.78, 5) is 25.9. The van der Waals surface area contributed by atoms with Gasteiger partial charge in [-0.2, -0.15) is 0 Å². The number of nitrogens with one attached hydrogen (secondary N) is 1. The van der Waals surface area contributed by atoms with Crippen molar-refractivity contribution >= 4 is 29.1 Å². The van der Waals surface area contributed by atoms with Crippen LogP contribution in [0.3, 0.4) is 0 Å². The normalized spacial score (nSPS) is 16.5. The lowest BCUT2D eigenvalue weighted by molar-refractivity contribution is -0.123. The van der Waals surface area contributed by atoms with Crippen molar-refractivity contribution in [1.29, 1.82) is 0 Å². The molecular formula is C19H19ClN2O4. The Morgan fingerprint density at radius 3 is 2.46 bits per heavy atom. The summed E-state index contributed by atoms with van der Waals surface area (Å²) < 4.78 is 10.5. The maximum Gasteiger partial charge on any atom is 0.258 e. The molecule has 0 aromatic heterocycles. The van der Waals surface area contributed by atoms with Gasteiger partial charge in [0.1, 0.15) is 11.5 Å². The number of carbonyl (C=O) groups is 2. The average molecular weight is 375 g/mol. The van der Waals surface area contributed by atoms with Crippen LogP contribution in [0.15, 0.2) is 48.5 Å². The number of benzene rings is 2. The summed E-state index contributed by atoms with van der Waals surface area (Å²) in [6, 6.07) is 13.8. The molecule has 1 unspecified atom stereocenters. The summed E-state index contributed by atoms with van der Waals surface area (Å²) in [7, 11) is 1.58. The highest BCUT2D eigenvalue weighted by Crippen LogP contribution is 2.23. The van der Waals surface area contributed by atoms with Gasteiger partial charge in [0.2, 0.25) is 5.91 Å². The predicted molar refractivity (Wildman–Crippen MR) is 98.8 cm³/mol. The van der Waals surface area contributed by atoms with Crippen molar-refractivity contribution in [2.45, 2.75) is 12.5 Å². The minimum atomic E-state index is -0.267. The van der Waals surface area contributed by atoms with E-state index in [4.69, 9.17) is 21.1 Å². The number of anilines is 1. The number of hydrogen-bond acceptors (Lipinski definition) is 4. The van der Waals surface area contributed by atoms with Gasteiger partial charge in [-0.15, -0.1) is 0 Å². The minimum Gasteiger partial charge on any atom is -0.497 e. The standard InChI is InChI=1S/C19H19ClN2O4/c1-25-16-6-8-17(9-7-16)26-12-18(23)21-14-10-19(24)22(11-14)15-4-2-13(20)3-5-15/h2-9,14H,10-12H2,1H3,(H,21,23). The van der Waals surface area contributed by atoms with Gasteiger partial charge in [0.15, 0.2) is 6.61 Å². The van der Waals surface area contributed by atoms with E-state index in [2.05, 4.69) is 5.32 Å². The van der Waals surface area contributed by atoms with Gasteiger partial charge in [-0.25, -0.2) is 0 Å². The summed E-state index contributed by atoms with van der Waals surface area (Å²) >= 11 is 5.87. The number of carbonyl (C=O) groups excluding carboxylic acids is 2. The fourth-order valence-electron chi connectivity index (χ4n) is 2.77. The molecule has 7 heteroatoms. The predicted octanol–water partition coefficient (Wildman–Crippen LogP) is 2.65. The van der Waals surface area contributed by atoms with Gasteiger partial charge in [-0.3, -0.25) is 9.59 Å². The molecule has 1 aliphatic rings. The molecule has 2 amide bonds. The van der Waals surface area contributed by atoms with Gasteiger partial charge in [0.25, 0.3) is 5.91 Å². The largest absolute Gasteiger partial charge is 0.497 e. The van der Waals surface area contributed by atoms with Crippen molar-refractivity contribution in [2.75, 3.05) is 25.2 Å². The van der Waals surface area contributed by atoms with E-state index < -0.39 is 0 Å². The highest BCUT2D eigenvalue weighted by Gasteiger charge is 2.31. The Bertz CT molecular complexity index is 777. The number of rotatable bonds is 6. The average Bonchev–Trinajstić information content (AvgIpc) is 3.01. The maximum absolute atomic E-state index is 12.2. The van der Waals surface area contributed by atoms with E-state index in [-0.39, 0.29) is 30.9 Å². The summed E-state index contributed by atoms with van der Waals surface area (Å²) in [6.07, 6.45) is 0.261. The first-order chi connectivity index (χ1) is 12.5. The summed E-state index contributed by atoms with van der Waals surface area (Å²) in [5.41, 5.74) is 0.769. The molecule has 1 N–H and O–H groups in total. The smallest absolute Gasteiger partial charge is 0.258 e. The number of hydrogen-bond donors (Lipinski definition) is 1. The molecule has 1 aliphatic heterocycles. The lowest BCUT2D eigenvalue weighted by atomic mass is 10.2. The summed E-state index contributed by atoms with van der Waals surface area (Å²) in [5.74, 6) is 0.991. The molecule has 0 bridgehead atoms. The molecule has 6 nitrogen and oxygen atoms in total. The van der Waals surface area contributed by atoms with Crippen LogP contribution in [-0.2, 0) is 9.59 Å². The minimum absolute atomic E-state index is 0.0336. The van der Waals surface area contributed by atoms with Gasteiger partial charge >= 0.3 is 0 Å². The van der Waals surface area contributed by atoms with E-state index in [0.717, 1.165) is 5.69 Å². The van der Waals surface area contributed by atoms with Gasteiger partial charge < -0.3 is 19.7 Å². The maximum atomic E-state index is 12.2. The molecule has 1 fully saturated rings. The first-order valence-electron chi connectivity index (χ1n) is 8.17. The van der Waals surface area contributed by atoms with Gasteiger partial charge in [-0.05, 0) is 48.5 Å². The molecule has 3 rings (SSSR count). The third-order valence-corrected chi connectivity index (χ3v) is 4.31. The Labute approximate surface area is 156 Å². The molecule has 0 saturated carbocycles. The highest BCUT2D eigenvalue weighted by atomic mass is 35.5. The molecule has 2 aromatic carbocycles. The summed E-state index contributed by atoms with van der Waals surface area (Å²) in [5, 5.41) is 3.45. The highest BCUT2D eigenvalue weighted by molar-refractivity contribution is 6.30. The van der Waals surface area contributed by atoms with Crippen LogP contribution >= 0.6 is 11.6 Å². The van der Waals surface area contributed by atoms with Crippen LogP contribution in [0, 0.1) is 0 Å². The van der Waals surface area contributed by atoms with Gasteiger partial charge in [-0.1, -0.05) is 11.6 Å². The van der Waals surface area contributed by atoms with E-state index in [9.17, 15) is 9.59 Å². The number of ether oxygens (including phenoxy) is 2. The van der Waals surface area contributed by atoms with Crippen LogP contribution in [0.5, 0.6) is 11.5 Å². The van der Waals surface area contributed by atoms with Crippen LogP contribution in [0.1, 0.15) is 6.42 Å². The SMILES string of the molecule is COc1ccc(OCC(=O)NC2CC(=O)N(c3ccc(Cl)cc3)C2)cc1. The van der Waals surface area contributed by atoms with E-state index in [1.165, 1.54) is 0 Å². The molecule has 0 spiro atoms. The number of nitrogens with zero attached hydrogens (tertiary/aromatic N) is 1. The first kappa shape index (κ1) is 18.1. The topological polar surface area (TPSA) is 67.9 Å². The Morgan fingerprint density at radius 1 is 1.15 bits per heavy atom. The zero-order valence-corrected chi connectivity index (χ0v) is 15.0.